The molecule has 0 aromatic carbocycles. The quantitative estimate of drug-likeness (QED) is 0.554. The van der Waals surface area contributed by atoms with E-state index in [1.807, 2.05) is 25.3 Å². The fraction of sp³-hybridized carbons (Fsp3) is 0.500. The molecule has 1 aliphatic carbocycles. The van der Waals surface area contributed by atoms with Gasteiger partial charge in [-0.2, -0.15) is 18.2 Å². The standard InChI is InChI=1S/C24H27F3N6O2.H2/c1-15-10-19-20(28-12-15)11-21(33-6-8-34-9-7-33)32-22(19)35-18-4-2-17(3-5-18)31-23-29-13-16(14-30-23)24(25,26)27;/h10-14,17-18H,2-9H2,1H3,(H,29,30,31);1H. The summed E-state index contributed by atoms with van der Waals surface area (Å²) >= 11 is 0. The molecular weight excluding hydrogens is 461 g/mol. The molecule has 5 rings (SSSR count). The van der Waals surface area contributed by atoms with E-state index in [9.17, 15) is 13.2 Å². The number of morpholine rings is 1. The number of alkyl halides is 3. The van der Waals surface area contributed by atoms with Gasteiger partial charge in [0, 0.05) is 45.2 Å². The summed E-state index contributed by atoms with van der Waals surface area (Å²) in [6, 6.07) is 4.11. The minimum Gasteiger partial charge on any atom is -0.474 e. The summed E-state index contributed by atoms with van der Waals surface area (Å²) in [5.41, 5.74) is 1.02. The third-order valence-corrected chi connectivity index (χ3v) is 6.37. The normalized spacial score (nSPS) is 21.2. The van der Waals surface area contributed by atoms with Crippen molar-refractivity contribution in [1.82, 2.24) is 19.9 Å². The highest BCUT2D eigenvalue weighted by atomic mass is 19.4. The summed E-state index contributed by atoms with van der Waals surface area (Å²) in [6.07, 6.45) is 2.12. The minimum atomic E-state index is -4.45. The van der Waals surface area contributed by atoms with Gasteiger partial charge in [0.1, 0.15) is 11.9 Å². The summed E-state index contributed by atoms with van der Waals surface area (Å²) in [5, 5.41) is 4.03. The monoisotopic (exact) mass is 490 g/mol. The van der Waals surface area contributed by atoms with Crippen molar-refractivity contribution in [1.29, 1.82) is 0 Å². The lowest BCUT2D eigenvalue weighted by atomic mass is 9.93. The number of hydrogen-bond donors (Lipinski definition) is 1. The van der Waals surface area contributed by atoms with Crippen LogP contribution in [0.3, 0.4) is 0 Å². The maximum atomic E-state index is 12.7. The van der Waals surface area contributed by atoms with Crippen LogP contribution in [-0.4, -0.2) is 58.4 Å². The number of nitrogens with one attached hydrogen (secondary N) is 1. The second-order valence-electron chi connectivity index (χ2n) is 8.99. The molecule has 188 valence electrons. The number of ether oxygens (including phenoxy) is 2. The van der Waals surface area contributed by atoms with E-state index in [4.69, 9.17) is 14.5 Å². The number of halogens is 3. The van der Waals surface area contributed by atoms with Crippen LogP contribution in [-0.2, 0) is 10.9 Å². The molecule has 0 atom stereocenters. The van der Waals surface area contributed by atoms with Gasteiger partial charge in [0.2, 0.25) is 11.8 Å². The number of nitrogens with zero attached hydrogens (tertiary/aromatic N) is 5. The van der Waals surface area contributed by atoms with Gasteiger partial charge in [0.15, 0.2) is 0 Å². The van der Waals surface area contributed by atoms with Crippen LogP contribution in [0.25, 0.3) is 10.9 Å². The molecule has 0 radical (unpaired) electrons. The second kappa shape index (κ2) is 9.80. The minimum absolute atomic E-state index is 0. The third kappa shape index (κ3) is 5.55. The average molecular weight is 491 g/mol. The molecule has 3 aromatic heterocycles. The van der Waals surface area contributed by atoms with Gasteiger partial charge in [0.25, 0.3) is 0 Å². The predicted molar refractivity (Wildman–Crippen MR) is 127 cm³/mol. The Hall–Kier alpha value is -3.21. The van der Waals surface area contributed by atoms with E-state index in [0.29, 0.717) is 19.1 Å². The number of anilines is 2. The lowest BCUT2D eigenvalue weighted by molar-refractivity contribution is -0.138. The van der Waals surface area contributed by atoms with Gasteiger partial charge in [0.05, 0.1) is 29.7 Å². The third-order valence-electron chi connectivity index (χ3n) is 6.37. The highest BCUT2D eigenvalue weighted by Crippen LogP contribution is 2.32. The van der Waals surface area contributed by atoms with Crippen molar-refractivity contribution in [3.8, 4) is 5.88 Å². The van der Waals surface area contributed by atoms with Crippen molar-refractivity contribution in [3.63, 3.8) is 0 Å². The van der Waals surface area contributed by atoms with Crippen LogP contribution in [0.15, 0.2) is 30.7 Å². The highest BCUT2D eigenvalue weighted by molar-refractivity contribution is 5.86. The molecule has 1 aliphatic heterocycles. The summed E-state index contributed by atoms with van der Waals surface area (Å²) in [4.78, 5) is 19.3. The van der Waals surface area contributed by atoms with Crippen LogP contribution in [0.4, 0.5) is 24.9 Å². The SMILES string of the molecule is Cc1cnc2cc(N3CCOCC3)nc(OC3CCC(Nc4ncc(C(F)(F)F)cn4)CC3)c2c1.[HH]. The maximum Gasteiger partial charge on any atom is 0.419 e. The van der Waals surface area contributed by atoms with Crippen molar-refractivity contribution in [2.24, 2.45) is 0 Å². The van der Waals surface area contributed by atoms with Gasteiger partial charge >= 0.3 is 6.18 Å². The van der Waals surface area contributed by atoms with E-state index in [0.717, 1.165) is 73.5 Å². The zero-order valence-electron chi connectivity index (χ0n) is 19.4. The zero-order chi connectivity index (χ0) is 24.4. The molecule has 0 spiro atoms. The first kappa shape index (κ1) is 23.5. The molecule has 1 saturated heterocycles. The molecule has 0 bridgehead atoms. The first-order valence-electron chi connectivity index (χ1n) is 11.8. The lowest BCUT2D eigenvalue weighted by Gasteiger charge is -2.31. The number of rotatable bonds is 5. The van der Waals surface area contributed by atoms with Crippen LogP contribution in [0.5, 0.6) is 5.88 Å². The van der Waals surface area contributed by atoms with Crippen LogP contribution < -0.4 is 15.0 Å². The Morgan fingerprint density at radius 1 is 1.03 bits per heavy atom. The first-order chi connectivity index (χ1) is 16.8. The molecule has 35 heavy (non-hydrogen) atoms. The molecule has 2 aliphatic rings. The Morgan fingerprint density at radius 2 is 1.74 bits per heavy atom. The molecule has 2 fully saturated rings. The lowest BCUT2D eigenvalue weighted by Crippen LogP contribution is -2.37. The highest BCUT2D eigenvalue weighted by Gasteiger charge is 2.31. The molecule has 1 saturated carbocycles. The molecule has 3 aromatic rings. The fourth-order valence-corrected chi connectivity index (χ4v) is 4.44. The van der Waals surface area contributed by atoms with E-state index in [-0.39, 0.29) is 19.5 Å². The van der Waals surface area contributed by atoms with Crippen molar-refractivity contribution < 1.29 is 24.1 Å². The summed E-state index contributed by atoms with van der Waals surface area (Å²) < 4.78 is 50.0. The van der Waals surface area contributed by atoms with Gasteiger partial charge < -0.3 is 19.7 Å². The van der Waals surface area contributed by atoms with E-state index < -0.39 is 11.7 Å². The Labute approximate surface area is 202 Å². The zero-order valence-corrected chi connectivity index (χ0v) is 19.4. The van der Waals surface area contributed by atoms with Crippen molar-refractivity contribution in [2.45, 2.75) is 50.9 Å². The fourth-order valence-electron chi connectivity index (χ4n) is 4.44. The molecule has 1 N–H and O–H groups in total. The van der Waals surface area contributed by atoms with Crippen molar-refractivity contribution in [3.05, 3.63) is 41.9 Å². The Kier molecular flexibility index (Phi) is 6.59. The smallest absolute Gasteiger partial charge is 0.419 e. The van der Waals surface area contributed by atoms with E-state index >= 15 is 0 Å². The topological polar surface area (TPSA) is 85.3 Å². The van der Waals surface area contributed by atoms with Crippen molar-refractivity contribution >= 4 is 22.7 Å². The molecule has 0 unspecified atom stereocenters. The van der Waals surface area contributed by atoms with Gasteiger partial charge in [-0.1, -0.05) is 0 Å². The second-order valence-corrected chi connectivity index (χ2v) is 8.99. The van der Waals surface area contributed by atoms with Crippen LogP contribution in [0.1, 0.15) is 38.2 Å². The largest absolute Gasteiger partial charge is 0.474 e. The number of pyridine rings is 2. The molecule has 8 nitrogen and oxygen atoms in total. The van der Waals surface area contributed by atoms with Crippen molar-refractivity contribution in [2.75, 3.05) is 36.5 Å². The number of hydrogen-bond acceptors (Lipinski definition) is 8. The van der Waals surface area contributed by atoms with E-state index in [1.54, 1.807) is 0 Å². The van der Waals surface area contributed by atoms with Gasteiger partial charge in [-0.05, 0) is 44.2 Å². The first-order valence-corrected chi connectivity index (χ1v) is 11.8. The molecule has 0 amide bonds. The van der Waals surface area contributed by atoms with Gasteiger partial charge in [-0.15, -0.1) is 0 Å². The van der Waals surface area contributed by atoms with Crippen LogP contribution >= 0.6 is 0 Å². The molecule has 11 heteroatoms. The summed E-state index contributed by atoms with van der Waals surface area (Å²) in [7, 11) is 0. The van der Waals surface area contributed by atoms with Gasteiger partial charge in [-0.3, -0.25) is 4.98 Å². The Morgan fingerprint density at radius 3 is 2.43 bits per heavy atom. The van der Waals surface area contributed by atoms with Crippen LogP contribution in [0.2, 0.25) is 0 Å². The number of fused-ring (bicyclic) bond motifs is 1. The summed E-state index contributed by atoms with van der Waals surface area (Å²) in [5.74, 6) is 1.62. The molecule has 4 heterocycles. The Bertz CT molecular complexity index is 1170. The average Bonchev–Trinajstić information content (AvgIpc) is 2.86. The van der Waals surface area contributed by atoms with Gasteiger partial charge in [-0.25, -0.2) is 9.97 Å². The predicted octanol–water partition coefficient (Wildman–Crippen LogP) is 4.63. The number of aryl methyl sites for hydroxylation is 1. The molecular formula is C24H29F3N6O2. The maximum absolute atomic E-state index is 12.7. The van der Waals surface area contributed by atoms with E-state index in [2.05, 4.69) is 25.2 Å². The Balaban J connectivity index is 0.00000304. The van der Waals surface area contributed by atoms with E-state index in [1.165, 1.54) is 0 Å². The summed E-state index contributed by atoms with van der Waals surface area (Å²) in [6.45, 7) is 4.86. The van der Waals surface area contributed by atoms with Crippen LogP contribution in [0, 0.1) is 6.92 Å². The number of aromatic nitrogens is 4.